The second-order valence-electron chi connectivity index (χ2n) is 10.5. The number of pyridine rings is 1. The molecule has 1 atom stereocenters. The first-order valence-electron chi connectivity index (χ1n) is 11.4. The molecule has 32 heavy (non-hydrogen) atoms. The van der Waals surface area contributed by atoms with Gasteiger partial charge in [0, 0.05) is 30.3 Å². The quantitative estimate of drug-likeness (QED) is 0.594. The van der Waals surface area contributed by atoms with Crippen molar-refractivity contribution < 1.29 is 19.1 Å². The van der Waals surface area contributed by atoms with Crippen LogP contribution in [0.5, 0.6) is 0 Å². The molecule has 0 radical (unpaired) electrons. The zero-order valence-corrected chi connectivity index (χ0v) is 20.2. The van der Waals surface area contributed by atoms with E-state index in [-0.39, 0.29) is 24.5 Å². The highest BCUT2D eigenvalue weighted by molar-refractivity contribution is 5.70. The minimum atomic E-state index is -0.524. The van der Waals surface area contributed by atoms with E-state index < -0.39 is 17.1 Å². The Labute approximate surface area is 191 Å². The largest absolute Gasteiger partial charge is 0.460 e. The van der Waals surface area contributed by atoms with Crippen LogP contribution in [-0.2, 0) is 14.3 Å². The molecule has 0 aliphatic heterocycles. The van der Waals surface area contributed by atoms with Gasteiger partial charge in [0.1, 0.15) is 11.2 Å². The van der Waals surface area contributed by atoms with Crippen molar-refractivity contribution in [1.29, 1.82) is 5.26 Å². The van der Waals surface area contributed by atoms with Gasteiger partial charge in [-0.05, 0) is 85.3 Å². The lowest BCUT2D eigenvalue weighted by Gasteiger charge is -2.30. The fourth-order valence-corrected chi connectivity index (χ4v) is 3.83. The van der Waals surface area contributed by atoms with E-state index in [2.05, 4.69) is 16.4 Å². The summed E-state index contributed by atoms with van der Waals surface area (Å²) in [5.74, 6) is -0.347. The molecule has 0 aromatic carbocycles. The Balaban J connectivity index is 1.85. The molecule has 176 valence electrons. The number of rotatable bonds is 6. The van der Waals surface area contributed by atoms with Gasteiger partial charge in [-0.1, -0.05) is 6.07 Å². The van der Waals surface area contributed by atoms with Crippen molar-refractivity contribution in [3.63, 3.8) is 0 Å². The minimum Gasteiger partial charge on any atom is -0.460 e. The normalized spacial score (nSPS) is 20.0. The number of hydrogen-bond acceptors (Lipinski definition) is 6. The molecule has 0 spiro atoms. The minimum absolute atomic E-state index is 0.121. The number of carbonyl (C=O) groups is 2. The zero-order chi connectivity index (χ0) is 23.9. The lowest BCUT2D eigenvalue weighted by Crippen LogP contribution is -2.40. The number of amides is 1. The van der Waals surface area contributed by atoms with Crippen LogP contribution >= 0.6 is 0 Å². The van der Waals surface area contributed by atoms with E-state index in [4.69, 9.17) is 9.47 Å². The molecule has 2 rings (SSSR count). The Morgan fingerprint density at radius 2 is 1.72 bits per heavy atom. The van der Waals surface area contributed by atoms with Crippen LogP contribution in [0.3, 0.4) is 0 Å². The highest BCUT2D eigenvalue weighted by Gasteiger charge is 2.26. The van der Waals surface area contributed by atoms with Crippen molar-refractivity contribution in [3.05, 3.63) is 29.6 Å². The number of esters is 1. The van der Waals surface area contributed by atoms with E-state index in [9.17, 15) is 14.9 Å². The molecule has 1 aliphatic rings. The number of aromatic nitrogens is 1. The van der Waals surface area contributed by atoms with E-state index >= 15 is 0 Å². The van der Waals surface area contributed by atoms with Crippen molar-refractivity contribution in [2.75, 3.05) is 0 Å². The monoisotopic (exact) mass is 443 g/mol. The lowest BCUT2D eigenvalue weighted by atomic mass is 9.83. The third-order valence-electron chi connectivity index (χ3n) is 5.29. The van der Waals surface area contributed by atoms with Crippen molar-refractivity contribution in [3.8, 4) is 6.07 Å². The first-order valence-corrected chi connectivity index (χ1v) is 11.4. The topological polar surface area (TPSA) is 101 Å². The van der Waals surface area contributed by atoms with Crippen LogP contribution in [0.4, 0.5) is 4.79 Å². The number of alkyl carbamates (subject to hydrolysis) is 1. The van der Waals surface area contributed by atoms with Gasteiger partial charge in [0.15, 0.2) is 0 Å². The van der Waals surface area contributed by atoms with E-state index in [0.29, 0.717) is 12.3 Å². The summed E-state index contributed by atoms with van der Waals surface area (Å²) >= 11 is 0. The second-order valence-corrected chi connectivity index (χ2v) is 10.5. The van der Waals surface area contributed by atoms with Gasteiger partial charge in [-0.15, -0.1) is 0 Å². The molecular formula is C25H37N3O4. The van der Waals surface area contributed by atoms with Gasteiger partial charge in [0.2, 0.25) is 0 Å². The number of carbonyl (C=O) groups excluding carboxylic acids is 2. The maximum absolute atomic E-state index is 12.0. The number of nitriles is 1. The van der Waals surface area contributed by atoms with Gasteiger partial charge in [0.05, 0.1) is 12.0 Å². The highest BCUT2D eigenvalue weighted by Crippen LogP contribution is 2.32. The highest BCUT2D eigenvalue weighted by atomic mass is 16.6. The first-order chi connectivity index (χ1) is 14.9. The average molecular weight is 444 g/mol. The number of nitrogens with zero attached hydrogens (tertiary/aromatic N) is 2. The molecule has 1 fully saturated rings. The predicted octanol–water partition coefficient (Wildman–Crippen LogP) is 5.36. The van der Waals surface area contributed by atoms with Crippen molar-refractivity contribution in [2.45, 2.75) is 109 Å². The Kier molecular flexibility index (Phi) is 8.65. The second kappa shape index (κ2) is 10.8. The molecule has 1 heterocycles. The third-order valence-corrected chi connectivity index (χ3v) is 5.29. The Morgan fingerprint density at radius 1 is 1.09 bits per heavy atom. The van der Waals surface area contributed by atoms with E-state index in [0.717, 1.165) is 36.9 Å². The summed E-state index contributed by atoms with van der Waals surface area (Å²) in [4.78, 5) is 28.5. The van der Waals surface area contributed by atoms with Crippen LogP contribution < -0.4 is 5.32 Å². The van der Waals surface area contributed by atoms with E-state index in [1.165, 1.54) is 0 Å². The Morgan fingerprint density at radius 3 is 2.22 bits per heavy atom. The molecule has 1 N–H and O–H groups in total. The molecule has 1 aromatic rings. The first kappa shape index (κ1) is 25.6. The van der Waals surface area contributed by atoms with Crippen molar-refractivity contribution in [2.24, 2.45) is 0 Å². The van der Waals surface area contributed by atoms with Crippen LogP contribution in [0, 0.1) is 11.3 Å². The van der Waals surface area contributed by atoms with Crippen molar-refractivity contribution in [1.82, 2.24) is 10.3 Å². The summed E-state index contributed by atoms with van der Waals surface area (Å²) < 4.78 is 10.7. The lowest BCUT2D eigenvalue weighted by molar-refractivity contribution is -0.154. The maximum Gasteiger partial charge on any atom is 0.407 e. The van der Waals surface area contributed by atoms with E-state index in [1.54, 1.807) is 6.20 Å². The van der Waals surface area contributed by atoms with Gasteiger partial charge in [0.25, 0.3) is 0 Å². The van der Waals surface area contributed by atoms with Crippen LogP contribution in [0.15, 0.2) is 18.3 Å². The molecule has 1 aromatic heterocycles. The van der Waals surface area contributed by atoms with Crippen LogP contribution in [0.25, 0.3) is 0 Å². The number of hydrogen-bond donors (Lipinski definition) is 1. The number of ether oxygens (including phenoxy) is 2. The Hall–Kier alpha value is -2.62. The number of nitrogens with one attached hydrogen (secondary N) is 1. The van der Waals surface area contributed by atoms with Gasteiger partial charge in [-0.2, -0.15) is 5.26 Å². The summed E-state index contributed by atoms with van der Waals surface area (Å²) in [5, 5.41) is 12.5. The summed E-state index contributed by atoms with van der Waals surface area (Å²) in [6.07, 6.45) is 5.63. The molecular weight excluding hydrogens is 406 g/mol. The SMILES string of the molecule is CC(C)(C)OC(=O)CCC(C#N)c1ccc([C@H]2CC[C@H](NC(=O)OC(C)(C)C)CC2)nc1. The molecule has 7 nitrogen and oxygen atoms in total. The van der Waals surface area contributed by atoms with Gasteiger partial charge in [-0.3, -0.25) is 9.78 Å². The molecule has 1 amide bonds. The van der Waals surface area contributed by atoms with Gasteiger partial charge < -0.3 is 14.8 Å². The smallest absolute Gasteiger partial charge is 0.407 e. The zero-order valence-electron chi connectivity index (χ0n) is 20.2. The van der Waals surface area contributed by atoms with Gasteiger partial charge in [-0.25, -0.2) is 4.79 Å². The summed E-state index contributed by atoms with van der Waals surface area (Å²) in [5.41, 5.74) is 0.804. The van der Waals surface area contributed by atoms with Gasteiger partial charge >= 0.3 is 12.1 Å². The summed E-state index contributed by atoms with van der Waals surface area (Å²) in [6.45, 7) is 11.1. The molecule has 1 saturated carbocycles. The van der Waals surface area contributed by atoms with E-state index in [1.807, 2.05) is 53.7 Å². The predicted molar refractivity (Wildman–Crippen MR) is 122 cm³/mol. The fraction of sp³-hybridized carbons (Fsp3) is 0.680. The molecule has 1 unspecified atom stereocenters. The average Bonchev–Trinajstić information content (AvgIpc) is 2.67. The maximum atomic E-state index is 12.0. The Bertz CT molecular complexity index is 808. The molecule has 7 heteroatoms. The summed E-state index contributed by atoms with van der Waals surface area (Å²) in [7, 11) is 0. The standard InChI is InChI=1S/C25H37N3O4/c1-24(2,3)31-22(29)14-10-18(15-26)19-9-13-21(27-16-19)17-7-11-20(12-8-17)28-23(30)32-25(4,5)6/h9,13,16-18,20H,7-8,10-12,14H2,1-6H3,(H,28,30)/t17-,18?,20-. The third kappa shape index (κ3) is 8.86. The van der Waals surface area contributed by atoms with Crippen LogP contribution in [0.1, 0.15) is 103 Å². The molecule has 0 bridgehead atoms. The summed E-state index contributed by atoms with van der Waals surface area (Å²) in [6, 6.07) is 6.32. The van der Waals surface area contributed by atoms with Crippen LogP contribution in [-0.4, -0.2) is 34.3 Å². The molecule has 0 saturated heterocycles. The fourth-order valence-electron chi connectivity index (χ4n) is 3.83. The molecule has 1 aliphatic carbocycles. The van der Waals surface area contributed by atoms with Crippen molar-refractivity contribution >= 4 is 12.1 Å². The van der Waals surface area contributed by atoms with Crippen LogP contribution in [0.2, 0.25) is 0 Å².